The molecule has 0 bridgehead atoms. The number of aryl methyl sites for hydroxylation is 1. The lowest BCUT2D eigenvalue weighted by Crippen LogP contribution is -2.31. The summed E-state index contributed by atoms with van der Waals surface area (Å²) in [6.07, 6.45) is 0. The molecule has 2 heterocycles. The maximum absolute atomic E-state index is 13.4. The van der Waals surface area contributed by atoms with E-state index in [-0.39, 0.29) is 29.7 Å². The number of nitriles is 1. The van der Waals surface area contributed by atoms with Crippen molar-refractivity contribution in [2.75, 3.05) is 4.90 Å². The van der Waals surface area contributed by atoms with Gasteiger partial charge in [-0.05, 0) is 49.7 Å². The van der Waals surface area contributed by atoms with Crippen molar-refractivity contribution in [3.63, 3.8) is 0 Å². The number of halogens is 1. The Morgan fingerprint density at radius 2 is 1.97 bits per heavy atom. The van der Waals surface area contributed by atoms with Crippen LogP contribution in [0, 0.1) is 25.2 Å². The molecule has 0 unspecified atom stereocenters. The van der Waals surface area contributed by atoms with E-state index in [1.807, 2.05) is 0 Å². The first-order chi connectivity index (χ1) is 14.9. The first-order valence-corrected chi connectivity index (χ1v) is 9.77. The van der Waals surface area contributed by atoms with Crippen molar-refractivity contribution < 1.29 is 4.79 Å². The maximum atomic E-state index is 13.4. The van der Waals surface area contributed by atoms with Gasteiger partial charge in [0.25, 0.3) is 17.2 Å². The third kappa shape index (κ3) is 3.91. The highest BCUT2D eigenvalue weighted by Crippen LogP contribution is 2.20. The molecule has 1 N–H and O–H groups in total. The van der Waals surface area contributed by atoms with Gasteiger partial charge in [0.05, 0.1) is 18.2 Å². The summed E-state index contributed by atoms with van der Waals surface area (Å²) in [6, 6.07) is 15.6. The Kier molecular flexibility index (Phi) is 5.28. The fraction of sp³-hybridized carbons (Fsp3) is 0.136. The predicted octanol–water partition coefficient (Wildman–Crippen LogP) is 3.41. The van der Waals surface area contributed by atoms with Crippen molar-refractivity contribution in [3.8, 4) is 6.07 Å². The second-order valence-electron chi connectivity index (χ2n) is 7.02. The molecule has 8 nitrogen and oxygen atoms in total. The Balaban J connectivity index is 1.84. The van der Waals surface area contributed by atoms with E-state index in [9.17, 15) is 14.9 Å². The highest BCUT2D eigenvalue weighted by Gasteiger charge is 2.23. The molecule has 2 aromatic carbocycles. The van der Waals surface area contributed by atoms with Crippen LogP contribution in [0.15, 0.2) is 53.3 Å². The van der Waals surface area contributed by atoms with Gasteiger partial charge in [-0.25, -0.2) is 4.98 Å². The second-order valence-corrected chi connectivity index (χ2v) is 7.46. The van der Waals surface area contributed by atoms with Crippen molar-refractivity contribution in [1.82, 2.24) is 19.6 Å². The van der Waals surface area contributed by atoms with Gasteiger partial charge in [0, 0.05) is 21.8 Å². The Labute approximate surface area is 182 Å². The van der Waals surface area contributed by atoms with E-state index in [2.05, 4.69) is 21.1 Å². The van der Waals surface area contributed by atoms with Crippen molar-refractivity contribution in [2.24, 2.45) is 0 Å². The quantitative estimate of drug-likeness (QED) is 0.531. The number of nitrogens with zero attached hydrogens (tertiary/aromatic N) is 5. The minimum atomic E-state index is -0.370. The van der Waals surface area contributed by atoms with Crippen LogP contribution in [-0.4, -0.2) is 25.5 Å². The molecule has 31 heavy (non-hydrogen) atoms. The molecule has 0 saturated heterocycles. The zero-order valence-corrected chi connectivity index (χ0v) is 17.5. The van der Waals surface area contributed by atoms with Gasteiger partial charge in [0.2, 0.25) is 5.95 Å². The minimum absolute atomic E-state index is 0.118. The topological polar surface area (TPSA) is 107 Å². The van der Waals surface area contributed by atoms with E-state index in [4.69, 9.17) is 11.6 Å². The highest BCUT2D eigenvalue weighted by atomic mass is 35.5. The number of fused-ring (bicyclic) bond motifs is 1. The molecule has 0 aliphatic rings. The van der Waals surface area contributed by atoms with Gasteiger partial charge in [-0.15, -0.1) is 0 Å². The molecule has 0 aliphatic carbocycles. The van der Waals surface area contributed by atoms with Crippen molar-refractivity contribution in [2.45, 2.75) is 20.4 Å². The van der Waals surface area contributed by atoms with Crippen LogP contribution >= 0.6 is 11.6 Å². The SMILES string of the molecule is Cc1nc2nc(N(Cc3cccc(C#N)c3)C(=O)c3cccc(Cl)c3)[nH]n2c(=O)c1C. The van der Waals surface area contributed by atoms with Gasteiger partial charge in [-0.1, -0.05) is 29.8 Å². The molecule has 0 atom stereocenters. The number of carbonyl (C=O) groups is 1. The number of aromatic amines is 1. The first kappa shape index (κ1) is 20.3. The van der Waals surface area contributed by atoms with Gasteiger partial charge in [0.1, 0.15) is 0 Å². The highest BCUT2D eigenvalue weighted by molar-refractivity contribution is 6.31. The van der Waals surface area contributed by atoms with E-state index in [0.717, 1.165) is 5.56 Å². The molecule has 2 aromatic heterocycles. The fourth-order valence-corrected chi connectivity index (χ4v) is 3.35. The predicted molar refractivity (Wildman–Crippen MR) is 116 cm³/mol. The number of aromatic nitrogens is 4. The molecule has 154 valence electrons. The first-order valence-electron chi connectivity index (χ1n) is 9.40. The van der Waals surface area contributed by atoms with Crippen LogP contribution in [0.5, 0.6) is 0 Å². The number of hydrogen-bond acceptors (Lipinski definition) is 5. The van der Waals surface area contributed by atoms with Crippen molar-refractivity contribution in [1.29, 1.82) is 5.26 Å². The van der Waals surface area contributed by atoms with Crippen LogP contribution < -0.4 is 10.5 Å². The van der Waals surface area contributed by atoms with Crippen molar-refractivity contribution >= 4 is 29.2 Å². The largest absolute Gasteiger partial charge is 0.277 e. The Morgan fingerprint density at radius 3 is 2.71 bits per heavy atom. The lowest BCUT2D eigenvalue weighted by atomic mass is 10.1. The summed E-state index contributed by atoms with van der Waals surface area (Å²) in [5, 5.41) is 12.5. The third-order valence-electron chi connectivity index (χ3n) is 4.92. The average Bonchev–Trinajstić information content (AvgIpc) is 3.19. The third-order valence-corrected chi connectivity index (χ3v) is 5.16. The smallest absolute Gasteiger partial charge is 0.272 e. The summed E-state index contributed by atoms with van der Waals surface area (Å²) in [5.41, 5.74) is 2.32. The molecule has 0 spiro atoms. The summed E-state index contributed by atoms with van der Waals surface area (Å²) >= 11 is 6.07. The molecular formula is C22H17ClN6O2. The van der Waals surface area contributed by atoms with Gasteiger partial charge < -0.3 is 0 Å². The Hall–Kier alpha value is -3.96. The Morgan fingerprint density at radius 1 is 1.19 bits per heavy atom. The standard InChI is InChI=1S/C22H17ClN6O2/c1-13-14(2)25-21-26-22(27-29(21)19(13)30)28(12-16-6-3-5-15(9-16)11-24)20(31)17-7-4-8-18(23)10-17/h3-10H,12H2,1-2H3,(H,25,26,27). The normalized spacial score (nSPS) is 10.8. The number of carbonyl (C=O) groups excluding carboxylic acids is 1. The molecule has 0 saturated carbocycles. The van der Waals surface area contributed by atoms with E-state index in [1.165, 1.54) is 9.42 Å². The summed E-state index contributed by atoms with van der Waals surface area (Å²) < 4.78 is 1.21. The monoisotopic (exact) mass is 432 g/mol. The van der Waals surface area contributed by atoms with E-state index < -0.39 is 0 Å². The summed E-state index contributed by atoms with van der Waals surface area (Å²) in [5.74, 6) is -0.0508. The number of amides is 1. The van der Waals surface area contributed by atoms with Crippen LogP contribution in [0.25, 0.3) is 5.78 Å². The van der Waals surface area contributed by atoms with Gasteiger partial charge >= 0.3 is 0 Å². The molecular weight excluding hydrogens is 416 g/mol. The summed E-state index contributed by atoms with van der Waals surface area (Å²) in [6.45, 7) is 3.53. The van der Waals surface area contributed by atoms with E-state index in [0.29, 0.717) is 27.4 Å². The van der Waals surface area contributed by atoms with Crippen LogP contribution in [0.2, 0.25) is 5.02 Å². The molecule has 4 rings (SSSR count). The van der Waals surface area contributed by atoms with Crippen LogP contribution in [-0.2, 0) is 6.54 Å². The molecule has 1 amide bonds. The van der Waals surface area contributed by atoms with Crippen LogP contribution in [0.3, 0.4) is 0 Å². The Bertz CT molecular complexity index is 1420. The number of rotatable bonds is 4. The molecule has 9 heteroatoms. The second kappa shape index (κ2) is 8.05. The molecule has 4 aromatic rings. The number of anilines is 1. The number of H-pyrrole nitrogens is 1. The van der Waals surface area contributed by atoms with Crippen LogP contribution in [0.4, 0.5) is 5.95 Å². The lowest BCUT2D eigenvalue weighted by molar-refractivity contribution is 0.0983. The zero-order valence-electron chi connectivity index (χ0n) is 16.8. The average molecular weight is 433 g/mol. The fourth-order valence-electron chi connectivity index (χ4n) is 3.16. The molecule has 0 radical (unpaired) electrons. The summed E-state index contributed by atoms with van der Waals surface area (Å²) in [7, 11) is 0. The van der Waals surface area contributed by atoms with Gasteiger partial charge in [0.15, 0.2) is 0 Å². The van der Waals surface area contributed by atoms with E-state index >= 15 is 0 Å². The number of hydrogen-bond donors (Lipinski definition) is 1. The lowest BCUT2D eigenvalue weighted by Gasteiger charge is -2.20. The molecule has 0 fully saturated rings. The van der Waals surface area contributed by atoms with Gasteiger partial charge in [-0.3, -0.25) is 19.6 Å². The van der Waals surface area contributed by atoms with Crippen molar-refractivity contribution in [3.05, 3.63) is 91.9 Å². The molecule has 0 aliphatic heterocycles. The zero-order chi connectivity index (χ0) is 22.1. The minimum Gasteiger partial charge on any atom is -0.272 e. The number of nitrogens with one attached hydrogen (secondary N) is 1. The van der Waals surface area contributed by atoms with Gasteiger partial charge in [-0.2, -0.15) is 14.8 Å². The maximum Gasteiger partial charge on any atom is 0.277 e. The van der Waals surface area contributed by atoms with Crippen LogP contribution in [0.1, 0.15) is 32.7 Å². The summed E-state index contributed by atoms with van der Waals surface area (Å²) in [4.78, 5) is 36.1. The number of benzene rings is 2. The van der Waals surface area contributed by atoms with E-state index in [1.54, 1.807) is 62.4 Å².